The molecule has 0 bridgehead atoms. The van der Waals surface area contributed by atoms with Crippen molar-refractivity contribution in [2.75, 3.05) is 23.8 Å². The van der Waals surface area contributed by atoms with Gasteiger partial charge >= 0.3 is 5.97 Å². The van der Waals surface area contributed by atoms with Gasteiger partial charge in [-0.15, -0.1) is 0 Å². The van der Waals surface area contributed by atoms with Gasteiger partial charge in [0.1, 0.15) is 5.75 Å². The van der Waals surface area contributed by atoms with Crippen LogP contribution in [0.5, 0.6) is 5.75 Å². The SMILES string of the molecule is CCOc1ccc(NC(=O)CCC(=O)OCC(=O)Nc2ccccc2C)cc1. The lowest BCUT2D eigenvalue weighted by Crippen LogP contribution is -2.22. The molecule has 0 aromatic heterocycles. The lowest BCUT2D eigenvalue weighted by Gasteiger charge is -2.09. The third-order valence-corrected chi connectivity index (χ3v) is 3.79. The first-order valence-corrected chi connectivity index (χ1v) is 9.01. The van der Waals surface area contributed by atoms with Gasteiger partial charge in [-0.05, 0) is 49.7 Å². The molecule has 2 aromatic rings. The van der Waals surface area contributed by atoms with Crippen LogP contribution in [-0.4, -0.2) is 31.0 Å². The average molecular weight is 384 g/mol. The summed E-state index contributed by atoms with van der Waals surface area (Å²) in [4.78, 5) is 35.5. The molecule has 0 fully saturated rings. The molecule has 0 atom stereocenters. The van der Waals surface area contributed by atoms with E-state index < -0.39 is 18.5 Å². The molecular formula is C21H24N2O5. The number of nitrogens with one attached hydrogen (secondary N) is 2. The van der Waals surface area contributed by atoms with Crippen LogP contribution in [0.1, 0.15) is 25.3 Å². The molecule has 0 saturated carbocycles. The van der Waals surface area contributed by atoms with Crippen LogP contribution in [0.15, 0.2) is 48.5 Å². The van der Waals surface area contributed by atoms with Crippen LogP contribution < -0.4 is 15.4 Å². The Balaban J connectivity index is 1.68. The molecule has 0 aliphatic heterocycles. The molecule has 2 rings (SSSR count). The summed E-state index contributed by atoms with van der Waals surface area (Å²) < 4.78 is 10.2. The number of hydrogen-bond donors (Lipinski definition) is 2. The molecular weight excluding hydrogens is 360 g/mol. The van der Waals surface area contributed by atoms with E-state index in [-0.39, 0.29) is 18.7 Å². The van der Waals surface area contributed by atoms with Crippen LogP contribution in [-0.2, 0) is 19.1 Å². The maximum atomic E-state index is 11.9. The second-order valence-electron chi connectivity index (χ2n) is 6.03. The number of rotatable bonds is 9. The molecule has 7 nitrogen and oxygen atoms in total. The summed E-state index contributed by atoms with van der Waals surface area (Å²) >= 11 is 0. The zero-order valence-electron chi connectivity index (χ0n) is 16.0. The zero-order chi connectivity index (χ0) is 20.4. The van der Waals surface area contributed by atoms with Gasteiger partial charge in [0.25, 0.3) is 5.91 Å². The van der Waals surface area contributed by atoms with E-state index in [4.69, 9.17) is 9.47 Å². The summed E-state index contributed by atoms with van der Waals surface area (Å²) in [5.74, 6) is -0.637. The van der Waals surface area contributed by atoms with Crippen molar-refractivity contribution in [2.24, 2.45) is 0 Å². The smallest absolute Gasteiger partial charge is 0.306 e. The Morgan fingerprint density at radius 2 is 1.61 bits per heavy atom. The molecule has 7 heteroatoms. The van der Waals surface area contributed by atoms with Crippen molar-refractivity contribution in [2.45, 2.75) is 26.7 Å². The summed E-state index contributed by atoms with van der Waals surface area (Å²) in [7, 11) is 0. The highest BCUT2D eigenvalue weighted by atomic mass is 16.5. The average Bonchev–Trinajstić information content (AvgIpc) is 2.68. The Morgan fingerprint density at radius 1 is 0.893 bits per heavy atom. The molecule has 148 valence electrons. The Bertz CT molecular complexity index is 818. The van der Waals surface area contributed by atoms with Gasteiger partial charge in [0.2, 0.25) is 5.91 Å². The molecule has 0 saturated heterocycles. The molecule has 2 aromatic carbocycles. The van der Waals surface area contributed by atoms with Crippen molar-refractivity contribution in [1.29, 1.82) is 0 Å². The van der Waals surface area contributed by atoms with E-state index in [1.54, 1.807) is 36.4 Å². The fourth-order valence-corrected chi connectivity index (χ4v) is 2.36. The van der Waals surface area contributed by atoms with Gasteiger partial charge < -0.3 is 20.1 Å². The molecule has 0 unspecified atom stereocenters. The van der Waals surface area contributed by atoms with Crippen LogP contribution in [0.4, 0.5) is 11.4 Å². The van der Waals surface area contributed by atoms with Gasteiger partial charge in [0.05, 0.1) is 13.0 Å². The van der Waals surface area contributed by atoms with E-state index >= 15 is 0 Å². The van der Waals surface area contributed by atoms with Gasteiger partial charge in [0.15, 0.2) is 6.61 Å². The zero-order valence-corrected chi connectivity index (χ0v) is 16.0. The van der Waals surface area contributed by atoms with Crippen molar-refractivity contribution < 1.29 is 23.9 Å². The van der Waals surface area contributed by atoms with Crippen molar-refractivity contribution in [3.8, 4) is 5.75 Å². The van der Waals surface area contributed by atoms with Crippen LogP contribution in [0.2, 0.25) is 0 Å². The van der Waals surface area contributed by atoms with Crippen LogP contribution in [0.25, 0.3) is 0 Å². The third-order valence-electron chi connectivity index (χ3n) is 3.79. The van der Waals surface area contributed by atoms with Crippen molar-refractivity contribution in [1.82, 2.24) is 0 Å². The molecule has 0 aliphatic carbocycles. The molecule has 0 radical (unpaired) electrons. The highest BCUT2D eigenvalue weighted by molar-refractivity contribution is 5.94. The molecule has 0 heterocycles. The number of hydrogen-bond acceptors (Lipinski definition) is 5. The van der Waals surface area contributed by atoms with E-state index in [0.29, 0.717) is 23.7 Å². The van der Waals surface area contributed by atoms with Gasteiger partial charge in [-0.1, -0.05) is 18.2 Å². The van der Waals surface area contributed by atoms with Crippen molar-refractivity contribution >= 4 is 29.2 Å². The lowest BCUT2D eigenvalue weighted by atomic mass is 10.2. The van der Waals surface area contributed by atoms with E-state index in [1.807, 2.05) is 26.0 Å². The van der Waals surface area contributed by atoms with E-state index in [9.17, 15) is 14.4 Å². The monoisotopic (exact) mass is 384 g/mol. The normalized spacial score (nSPS) is 10.1. The summed E-state index contributed by atoms with van der Waals surface area (Å²) in [6, 6.07) is 14.2. The van der Waals surface area contributed by atoms with E-state index in [1.165, 1.54) is 0 Å². The number of para-hydroxylation sites is 1. The number of benzene rings is 2. The van der Waals surface area contributed by atoms with Gasteiger partial charge in [-0.25, -0.2) is 0 Å². The van der Waals surface area contributed by atoms with Crippen LogP contribution in [0, 0.1) is 6.92 Å². The fourth-order valence-electron chi connectivity index (χ4n) is 2.36. The predicted molar refractivity (Wildman–Crippen MR) is 106 cm³/mol. The molecule has 28 heavy (non-hydrogen) atoms. The topological polar surface area (TPSA) is 93.7 Å². The summed E-state index contributed by atoms with van der Waals surface area (Å²) in [6.07, 6.45) is -0.147. The molecule has 2 N–H and O–H groups in total. The highest BCUT2D eigenvalue weighted by Gasteiger charge is 2.11. The van der Waals surface area contributed by atoms with Crippen molar-refractivity contribution in [3.05, 3.63) is 54.1 Å². The predicted octanol–water partition coefficient (Wildman–Crippen LogP) is 3.29. The minimum atomic E-state index is -0.609. The van der Waals surface area contributed by atoms with Gasteiger partial charge in [-0.2, -0.15) is 0 Å². The quantitative estimate of drug-likeness (QED) is 0.647. The van der Waals surface area contributed by atoms with E-state index in [2.05, 4.69) is 10.6 Å². The summed E-state index contributed by atoms with van der Waals surface area (Å²) in [6.45, 7) is 3.93. The Morgan fingerprint density at radius 3 is 2.29 bits per heavy atom. The number of carbonyl (C=O) groups is 3. The third kappa shape index (κ3) is 7.11. The summed E-state index contributed by atoms with van der Waals surface area (Å²) in [5, 5.41) is 5.36. The fraction of sp³-hybridized carbons (Fsp3) is 0.286. The number of aryl methyl sites for hydroxylation is 1. The number of anilines is 2. The lowest BCUT2D eigenvalue weighted by molar-refractivity contribution is -0.147. The largest absolute Gasteiger partial charge is 0.494 e. The van der Waals surface area contributed by atoms with Crippen molar-refractivity contribution in [3.63, 3.8) is 0 Å². The van der Waals surface area contributed by atoms with Gasteiger partial charge in [0, 0.05) is 17.8 Å². The Labute approximate surface area is 164 Å². The second-order valence-corrected chi connectivity index (χ2v) is 6.03. The first-order chi connectivity index (χ1) is 13.5. The standard InChI is InChI=1S/C21H24N2O5/c1-3-27-17-10-8-16(9-11-17)22-19(24)12-13-21(26)28-14-20(25)23-18-7-5-4-6-15(18)2/h4-11H,3,12-14H2,1-2H3,(H,22,24)(H,23,25). The summed E-state index contributed by atoms with van der Waals surface area (Å²) in [5.41, 5.74) is 2.19. The Kier molecular flexibility index (Phi) is 8.02. The number of amides is 2. The Hall–Kier alpha value is -3.35. The number of ether oxygens (including phenoxy) is 2. The molecule has 0 spiro atoms. The molecule has 0 aliphatic rings. The first kappa shape index (κ1) is 21.0. The van der Waals surface area contributed by atoms with Crippen LogP contribution >= 0.6 is 0 Å². The van der Waals surface area contributed by atoms with Gasteiger partial charge in [-0.3, -0.25) is 14.4 Å². The minimum absolute atomic E-state index is 0.0363. The number of esters is 1. The van der Waals surface area contributed by atoms with Crippen LogP contribution in [0.3, 0.4) is 0 Å². The first-order valence-electron chi connectivity index (χ1n) is 9.01. The molecule has 2 amide bonds. The maximum absolute atomic E-state index is 11.9. The van der Waals surface area contributed by atoms with E-state index in [0.717, 1.165) is 5.56 Å². The minimum Gasteiger partial charge on any atom is -0.494 e. The highest BCUT2D eigenvalue weighted by Crippen LogP contribution is 2.16. The maximum Gasteiger partial charge on any atom is 0.306 e. The second kappa shape index (κ2) is 10.7. The number of carbonyl (C=O) groups excluding carboxylic acids is 3.